The molecular weight excluding hydrogens is 310 g/mol. The average Bonchev–Trinajstić information content (AvgIpc) is 2.60. The number of nitrogens with zero attached hydrogens (tertiary/aromatic N) is 1. The maximum Gasteiger partial charge on any atom is 0.259 e. The van der Waals surface area contributed by atoms with Gasteiger partial charge >= 0.3 is 0 Å². The second-order valence-electron chi connectivity index (χ2n) is 4.62. The van der Waals surface area contributed by atoms with Gasteiger partial charge in [-0.1, -0.05) is 24.3 Å². The third-order valence-electron chi connectivity index (χ3n) is 3.07. The van der Waals surface area contributed by atoms with E-state index in [9.17, 15) is 4.79 Å². The molecule has 2 aromatic rings. The Morgan fingerprint density at radius 1 is 1.22 bits per heavy atom. The Balaban J connectivity index is 1.81. The van der Waals surface area contributed by atoms with Crippen molar-refractivity contribution in [3.63, 3.8) is 0 Å². The lowest BCUT2D eigenvalue weighted by molar-refractivity contribution is -0.119. The number of hydrazone groups is 1. The van der Waals surface area contributed by atoms with Crippen LogP contribution in [0.1, 0.15) is 5.56 Å². The summed E-state index contributed by atoms with van der Waals surface area (Å²) in [5.41, 5.74) is 4.19. The Morgan fingerprint density at radius 2 is 1.96 bits per heavy atom. The number of carbonyl (C=O) groups excluding carboxylic acids is 1. The van der Waals surface area contributed by atoms with E-state index in [-0.39, 0.29) is 12.5 Å². The minimum atomic E-state index is -0.229. The van der Waals surface area contributed by atoms with E-state index >= 15 is 0 Å². The van der Waals surface area contributed by atoms with E-state index in [4.69, 9.17) is 4.74 Å². The van der Waals surface area contributed by atoms with Crippen LogP contribution in [-0.2, 0) is 4.79 Å². The Hall–Kier alpha value is -2.47. The van der Waals surface area contributed by atoms with Crippen molar-refractivity contribution in [1.82, 2.24) is 5.43 Å². The predicted molar refractivity (Wildman–Crippen MR) is 95.4 cm³/mol. The average molecular weight is 329 g/mol. The van der Waals surface area contributed by atoms with Crippen molar-refractivity contribution in [2.75, 3.05) is 25.2 Å². The maximum atomic E-state index is 11.8. The van der Waals surface area contributed by atoms with E-state index in [1.807, 2.05) is 54.8 Å². The van der Waals surface area contributed by atoms with Gasteiger partial charge < -0.3 is 10.1 Å². The van der Waals surface area contributed by atoms with Crippen LogP contribution in [0.25, 0.3) is 0 Å². The number of nitrogens with one attached hydrogen (secondary N) is 2. The Morgan fingerprint density at radius 3 is 2.65 bits per heavy atom. The van der Waals surface area contributed by atoms with Gasteiger partial charge in [0.25, 0.3) is 5.91 Å². The summed E-state index contributed by atoms with van der Waals surface area (Å²) < 4.78 is 5.21. The van der Waals surface area contributed by atoms with Crippen molar-refractivity contribution in [3.05, 3.63) is 54.1 Å². The van der Waals surface area contributed by atoms with E-state index in [0.717, 1.165) is 11.3 Å². The van der Waals surface area contributed by atoms with Crippen molar-refractivity contribution < 1.29 is 9.53 Å². The lowest BCUT2D eigenvalue weighted by atomic mass is 10.2. The first-order valence-electron chi connectivity index (χ1n) is 7.06. The Labute approximate surface area is 140 Å². The van der Waals surface area contributed by atoms with Gasteiger partial charge in [0.15, 0.2) is 0 Å². The molecule has 2 N–H and O–H groups in total. The minimum Gasteiger partial charge on any atom is -0.495 e. The molecule has 0 heterocycles. The number of methoxy groups -OCH3 is 1. The first kappa shape index (κ1) is 16.9. The monoisotopic (exact) mass is 329 g/mol. The number of para-hydroxylation sites is 2. The topological polar surface area (TPSA) is 62.7 Å². The van der Waals surface area contributed by atoms with E-state index < -0.39 is 0 Å². The molecule has 0 aliphatic carbocycles. The minimum absolute atomic E-state index is 0.114. The number of anilines is 1. The second-order valence-corrected chi connectivity index (χ2v) is 5.50. The number of carbonyl (C=O) groups is 1. The molecule has 5 nitrogen and oxygen atoms in total. The van der Waals surface area contributed by atoms with Gasteiger partial charge in [-0.3, -0.25) is 4.79 Å². The molecule has 0 radical (unpaired) electrons. The molecule has 0 saturated carbocycles. The zero-order valence-electron chi connectivity index (χ0n) is 13.1. The highest BCUT2D eigenvalue weighted by Gasteiger charge is 2.03. The summed E-state index contributed by atoms with van der Waals surface area (Å²) in [5.74, 6) is 0.463. The van der Waals surface area contributed by atoms with Gasteiger partial charge in [0.2, 0.25) is 0 Å². The molecule has 0 aromatic heterocycles. The summed E-state index contributed by atoms with van der Waals surface area (Å²) in [5, 5.41) is 6.96. The highest BCUT2D eigenvalue weighted by molar-refractivity contribution is 7.98. The zero-order valence-corrected chi connectivity index (χ0v) is 13.9. The SMILES string of the molecule is COc1ccccc1NCC(=O)N/N=C\c1ccc(SC)cc1. The van der Waals surface area contributed by atoms with E-state index in [1.54, 1.807) is 25.1 Å². The molecule has 0 fully saturated rings. The van der Waals surface area contributed by atoms with E-state index in [1.165, 1.54) is 4.90 Å². The number of thioether (sulfide) groups is 1. The molecular formula is C17H19N3O2S. The van der Waals surface area contributed by atoms with Crippen LogP contribution in [0.3, 0.4) is 0 Å². The summed E-state index contributed by atoms with van der Waals surface area (Å²) >= 11 is 1.68. The van der Waals surface area contributed by atoms with Gasteiger partial charge in [0, 0.05) is 4.90 Å². The lowest BCUT2D eigenvalue weighted by Crippen LogP contribution is -2.26. The standard InChI is InChI=1S/C17H19N3O2S/c1-22-16-6-4-3-5-15(16)18-12-17(21)20-19-11-13-7-9-14(23-2)10-8-13/h3-11,18H,12H2,1-2H3,(H,20,21)/b19-11-. The van der Waals surface area contributed by atoms with Crippen LogP contribution in [0.5, 0.6) is 5.75 Å². The smallest absolute Gasteiger partial charge is 0.259 e. The van der Waals surface area contributed by atoms with Crippen LogP contribution in [0.15, 0.2) is 58.5 Å². The summed E-state index contributed by atoms with van der Waals surface area (Å²) in [6, 6.07) is 15.4. The van der Waals surface area contributed by atoms with Crippen LogP contribution in [0, 0.1) is 0 Å². The predicted octanol–water partition coefficient (Wildman–Crippen LogP) is 2.98. The molecule has 1 amide bonds. The fraction of sp³-hybridized carbons (Fsp3) is 0.176. The van der Waals surface area contributed by atoms with E-state index in [2.05, 4.69) is 15.8 Å². The quantitative estimate of drug-likeness (QED) is 0.466. The molecule has 2 aromatic carbocycles. The van der Waals surface area contributed by atoms with Gasteiger partial charge in [-0.2, -0.15) is 5.10 Å². The van der Waals surface area contributed by atoms with Crippen molar-refractivity contribution in [2.45, 2.75) is 4.90 Å². The number of hydrogen-bond donors (Lipinski definition) is 2. The molecule has 120 valence electrons. The number of ether oxygens (including phenoxy) is 1. The number of amides is 1. The van der Waals surface area contributed by atoms with Crippen LogP contribution >= 0.6 is 11.8 Å². The number of rotatable bonds is 7. The second kappa shape index (κ2) is 8.85. The number of benzene rings is 2. The lowest BCUT2D eigenvalue weighted by Gasteiger charge is -2.09. The molecule has 0 atom stereocenters. The number of hydrogen-bond acceptors (Lipinski definition) is 5. The molecule has 2 rings (SSSR count). The first-order valence-corrected chi connectivity index (χ1v) is 8.28. The molecule has 6 heteroatoms. The summed E-state index contributed by atoms with van der Waals surface area (Å²) in [4.78, 5) is 13.0. The van der Waals surface area contributed by atoms with Crippen molar-refractivity contribution >= 4 is 29.6 Å². The molecule has 0 bridgehead atoms. The van der Waals surface area contributed by atoms with Crippen LogP contribution < -0.4 is 15.5 Å². The summed E-state index contributed by atoms with van der Waals surface area (Å²) in [6.45, 7) is 0.114. The maximum absolute atomic E-state index is 11.8. The fourth-order valence-corrected chi connectivity index (χ4v) is 2.28. The van der Waals surface area contributed by atoms with Crippen molar-refractivity contribution in [1.29, 1.82) is 0 Å². The van der Waals surface area contributed by atoms with Crippen LogP contribution in [0.4, 0.5) is 5.69 Å². The third-order valence-corrected chi connectivity index (χ3v) is 3.81. The van der Waals surface area contributed by atoms with Crippen LogP contribution in [0.2, 0.25) is 0 Å². The van der Waals surface area contributed by atoms with Gasteiger partial charge in [-0.05, 0) is 36.1 Å². The molecule has 0 spiro atoms. The van der Waals surface area contributed by atoms with Crippen molar-refractivity contribution in [2.24, 2.45) is 5.10 Å². The van der Waals surface area contributed by atoms with Gasteiger partial charge in [-0.15, -0.1) is 11.8 Å². The zero-order chi connectivity index (χ0) is 16.5. The molecule has 0 aliphatic heterocycles. The molecule has 0 unspecified atom stereocenters. The Bertz CT molecular complexity index is 672. The van der Waals surface area contributed by atoms with Crippen molar-refractivity contribution in [3.8, 4) is 5.75 Å². The van der Waals surface area contributed by atoms with Gasteiger partial charge in [0.05, 0.1) is 25.6 Å². The molecule has 0 saturated heterocycles. The van der Waals surface area contributed by atoms with Gasteiger partial charge in [0.1, 0.15) is 5.75 Å². The van der Waals surface area contributed by atoms with Gasteiger partial charge in [-0.25, -0.2) is 5.43 Å². The fourth-order valence-electron chi connectivity index (χ4n) is 1.87. The third kappa shape index (κ3) is 5.34. The normalized spacial score (nSPS) is 10.5. The highest BCUT2D eigenvalue weighted by atomic mass is 32.2. The molecule has 23 heavy (non-hydrogen) atoms. The summed E-state index contributed by atoms with van der Waals surface area (Å²) in [6.07, 6.45) is 3.64. The Kier molecular flexibility index (Phi) is 6.50. The van der Waals surface area contributed by atoms with Crippen LogP contribution in [-0.4, -0.2) is 32.0 Å². The first-order chi connectivity index (χ1) is 11.2. The highest BCUT2D eigenvalue weighted by Crippen LogP contribution is 2.22. The molecule has 0 aliphatic rings. The summed E-state index contributed by atoms with van der Waals surface area (Å²) in [7, 11) is 1.59. The largest absolute Gasteiger partial charge is 0.495 e. The van der Waals surface area contributed by atoms with E-state index in [0.29, 0.717) is 5.75 Å².